The molecule has 2 N–H and O–H groups in total. The number of aliphatic hydroxyl groups excluding tert-OH is 1. The summed E-state index contributed by atoms with van der Waals surface area (Å²) in [4.78, 5) is 1.59. The topological polar surface area (TPSA) is 24.7 Å². The van der Waals surface area contributed by atoms with E-state index in [4.69, 9.17) is 0 Å². The fraction of sp³-hybridized carbons (Fsp3) is 0.647. The predicted octanol–water partition coefficient (Wildman–Crippen LogP) is 2.00. The molecule has 1 aliphatic heterocycles. The van der Waals surface area contributed by atoms with Crippen molar-refractivity contribution in [3.05, 3.63) is 35.9 Å². The number of hydrogen-bond acceptors (Lipinski definition) is 1. The van der Waals surface area contributed by atoms with Crippen molar-refractivity contribution < 1.29 is 10.0 Å². The molecule has 0 unspecified atom stereocenters. The molecule has 1 fully saturated rings. The predicted molar refractivity (Wildman–Crippen MR) is 79.5 cm³/mol. The average molecular weight is 262 g/mol. The van der Waals surface area contributed by atoms with Crippen molar-refractivity contribution in [3.8, 4) is 0 Å². The van der Waals surface area contributed by atoms with Gasteiger partial charge in [-0.1, -0.05) is 50.1 Å². The van der Waals surface area contributed by atoms with Crippen LogP contribution in [0.1, 0.15) is 50.5 Å². The number of piperidine rings is 1. The molecule has 0 bridgehead atoms. The lowest BCUT2D eigenvalue weighted by molar-refractivity contribution is -0.908. The van der Waals surface area contributed by atoms with Crippen molar-refractivity contribution >= 4 is 0 Å². The Labute approximate surface area is 117 Å². The summed E-state index contributed by atoms with van der Waals surface area (Å²) >= 11 is 0. The summed E-state index contributed by atoms with van der Waals surface area (Å²) in [6.45, 7) is 5.55. The lowest BCUT2D eigenvalue weighted by Gasteiger charge is -2.30. The van der Waals surface area contributed by atoms with Gasteiger partial charge in [-0.2, -0.15) is 0 Å². The van der Waals surface area contributed by atoms with E-state index in [9.17, 15) is 5.11 Å². The molecule has 0 aliphatic carbocycles. The van der Waals surface area contributed by atoms with E-state index < -0.39 is 0 Å². The van der Waals surface area contributed by atoms with Crippen LogP contribution in [0.5, 0.6) is 0 Å². The van der Waals surface area contributed by atoms with E-state index in [1.54, 1.807) is 4.90 Å². The van der Waals surface area contributed by atoms with Crippen molar-refractivity contribution in [2.45, 2.75) is 51.0 Å². The molecule has 0 radical (unpaired) electrons. The van der Waals surface area contributed by atoms with Gasteiger partial charge >= 0.3 is 0 Å². The Morgan fingerprint density at radius 3 is 2.53 bits per heavy atom. The molecule has 0 amide bonds. The summed E-state index contributed by atoms with van der Waals surface area (Å²) in [7, 11) is 0. The first-order valence-electron chi connectivity index (χ1n) is 7.86. The first kappa shape index (κ1) is 14.5. The second-order valence-corrected chi connectivity index (χ2v) is 5.94. The van der Waals surface area contributed by atoms with E-state index in [1.165, 1.54) is 37.9 Å². The summed E-state index contributed by atoms with van der Waals surface area (Å²) in [5, 5.41) is 9.99. The largest absolute Gasteiger partial charge is 0.387 e. The molecule has 19 heavy (non-hydrogen) atoms. The minimum absolute atomic E-state index is 0.0942. The van der Waals surface area contributed by atoms with Crippen LogP contribution in [0, 0.1) is 0 Å². The number of hydrogen-bond donors (Lipinski definition) is 2. The zero-order valence-corrected chi connectivity index (χ0v) is 12.1. The standard InChI is InChI=1S/C17H27NO/c1-2-3-9-17(19)14-18-12-10-16(11-13-18)15-7-5-4-6-8-15/h4-8,16-17,19H,2-3,9-14H2,1H3/p+1/t17-/m1/s1. The highest BCUT2D eigenvalue weighted by molar-refractivity contribution is 5.19. The van der Waals surface area contributed by atoms with E-state index >= 15 is 0 Å². The van der Waals surface area contributed by atoms with E-state index in [-0.39, 0.29) is 6.10 Å². The van der Waals surface area contributed by atoms with Gasteiger partial charge in [-0.3, -0.25) is 0 Å². The highest BCUT2D eigenvalue weighted by Gasteiger charge is 2.24. The molecule has 2 heteroatoms. The SMILES string of the molecule is CCCC[C@@H](O)C[NH+]1CCC(c2ccccc2)CC1. The van der Waals surface area contributed by atoms with Gasteiger partial charge in [0.2, 0.25) is 0 Å². The fourth-order valence-electron chi connectivity index (χ4n) is 3.16. The van der Waals surface area contributed by atoms with Crippen LogP contribution in [0.4, 0.5) is 0 Å². The van der Waals surface area contributed by atoms with Gasteiger partial charge in [0.05, 0.1) is 13.1 Å². The monoisotopic (exact) mass is 262 g/mol. The third-order valence-electron chi connectivity index (χ3n) is 4.38. The van der Waals surface area contributed by atoms with Gasteiger partial charge < -0.3 is 10.0 Å². The van der Waals surface area contributed by atoms with Crippen LogP contribution in [0.15, 0.2) is 30.3 Å². The smallest absolute Gasteiger partial charge is 0.103 e. The van der Waals surface area contributed by atoms with Gasteiger partial charge in [0.25, 0.3) is 0 Å². The van der Waals surface area contributed by atoms with Crippen LogP contribution in [0.2, 0.25) is 0 Å². The second-order valence-electron chi connectivity index (χ2n) is 5.94. The van der Waals surface area contributed by atoms with Crippen molar-refractivity contribution in [1.82, 2.24) is 0 Å². The molecular formula is C17H28NO+. The van der Waals surface area contributed by atoms with E-state index in [2.05, 4.69) is 37.3 Å². The van der Waals surface area contributed by atoms with Gasteiger partial charge in [-0.15, -0.1) is 0 Å². The Morgan fingerprint density at radius 2 is 1.89 bits per heavy atom. The number of likely N-dealkylation sites (tertiary alicyclic amines) is 1. The van der Waals surface area contributed by atoms with Crippen LogP contribution in [-0.2, 0) is 0 Å². The van der Waals surface area contributed by atoms with Gasteiger partial charge in [0.1, 0.15) is 12.6 Å². The Kier molecular flexibility index (Phi) is 5.87. The van der Waals surface area contributed by atoms with Crippen LogP contribution in [0.25, 0.3) is 0 Å². The molecule has 2 nitrogen and oxygen atoms in total. The molecule has 1 aromatic rings. The minimum atomic E-state index is -0.0942. The first-order valence-corrected chi connectivity index (χ1v) is 7.86. The van der Waals surface area contributed by atoms with Gasteiger partial charge in [-0.05, 0) is 17.9 Å². The highest BCUT2D eigenvalue weighted by Crippen LogP contribution is 2.23. The summed E-state index contributed by atoms with van der Waals surface area (Å²) in [6, 6.07) is 10.9. The third kappa shape index (κ3) is 4.63. The number of nitrogens with one attached hydrogen (secondary N) is 1. The lowest BCUT2D eigenvalue weighted by atomic mass is 9.89. The molecule has 1 aliphatic rings. The quantitative estimate of drug-likeness (QED) is 0.805. The Morgan fingerprint density at radius 1 is 1.21 bits per heavy atom. The first-order chi connectivity index (χ1) is 9.29. The third-order valence-corrected chi connectivity index (χ3v) is 4.38. The number of rotatable bonds is 6. The van der Waals surface area contributed by atoms with E-state index in [0.29, 0.717) is 0 Å². The zero-order valence-electron chi connectivity index (χ0n) is 12.1. The molecule has 0 aromatic heterocycles. The number of aliphatic hydroxyl groups is 1. The van der Waals surface area contributed by atoms with Crippen LogP contribution in [0.3, 0.4) is 0 Å². The van der Waals surface area contributed by atoms with Crippen LogP contribution >= 0.6 is 0 Å². The van der Waals surface area contributed by atoms with Crippen molar-refractivity contribution in [3.63, 3.8) is 0 Å². The molecular weight excluding hydrogens is 234 g/mol. The Hall–Kier alpha value is -0.860. The van der Waals surface area contributed by atoms with Gasteiger partial charge in [-0.25, -0.2) is 0 Å². The highest BCUT2D eigenvalue weighted by atomic mass is 16.3. The number of quaternary nitrogens is 1. The van der Waals surface area contributed by atoms with Gasteiger partial charge in [0.15, 0.2) is 0 Å². The van der Waals surface area contributed by atoms with Crippen molar-refractivity contribution in [2.24, 2.45) is 0 Å². The summed E-state index contributed by atoms with van der Waals surface area (Å²) in [5.41, 5.74) is 1.49. The Bertz CT molecular complexity index is 344. The maximum absolute atomic E-state index is 9.99. The van der Waals surface area contributed by atoms with Crippen LogP contribution < -0.4 is 4.90 Å². The summed E-state index contributed by atoms with van der Waals surface area (Å²) < 4.78 is 0. The van der Waals surface area contributed by atoms with Crippen LogP contribution in [-0.4, -0.2) is 30.8 Å². The zero-order chi connectivity index (χ0) is 13.5. The molecule has 1 aromatic carbocycles. The summed E-state index contributed by atoms with van der Waals surface area (Å²) in [6.07, 6.45) is 5.74. The average Bonchev–Trinajstić information content (AvgIpc) is 2.47. The van der Waals surface area contributed by atoms with Crippen molar-refractivity contribution in [2.75, 3.05) is 19.6 Å². The normalized spacial score (nSPS) is 25.2. The minimum Gasteiger partial charge on any atom is -0.387 e. The lowest BCUT2D eigenvalue weighted by Crippen LogP contribution is -3.14. The van der Waals surface area contributed by atoms with E-state index in [0.717, 1.165) is 25.3 Å². The molecule has 1 saturated heterocycles. The molecule has 0 saturated carbocycles. The number of unbranched alkanes of at least 4 members (excludes halogenated alkanes) is 1. The Balaban J connectivity index is 1.73. The molecule has 1 atom stereocenters. The second kappa shape index (κ2) is 7.66. The summed E-state index contributed by atoms with van der Waals surface area (Å²) in [5.74, 6) is 0.734. The maximum atomic E-state index is 9.99. The maximum Gasteiger partial charge on any atom is 0.103 e. The fourth-order valence-corrected chi connectivity index (χ4v) is 3.16. The molecule has 106 valence electrons. The number of benzene rings is 1. The van der Waals surface area contributed by atoms with Crippen molar-refractivity contribution in [1.29, 1.82) is 0 Å². The van der Waals surface area contributed by atoms with Gasteiger partial charge in [0, 0.05) is 12.8 Å². The molecule has 2 rings (SSSR count). The van der Waals surface area contributed by atoms with E-state index in [1.807, 2.05) is 0 Å². The molecule has 1 heterocycles. The molecule has 0 spiro atoms.